The molecule has 0 saturated carbocycles. The summed E-state index contributed by atoms with van der Waals surface area (Å²) in [5.41, 5.74) is 5.38. The molecule has 3 heterocycles. The highest BCUT2D eigenvalue weighted by Gasteiger charge is 2.35. The van der Waals surface area contributed by atoms with Crippen LogP contribution in [-0.2, 0) is 4.74 Å². The van der Waals surface area contributed by atoms with Crippen LogP contribution in [0, 0.1) is 0 Å². The van der Waals surface area contributed by atoms with Crippen LogP contribution < -0.4 is 11.3 Å². The minimum atomic E-state index is -0.791. The predicted molar refractivity (Wildman–Crippen MR) is 71.4 cm³/mol. The largest absolute Gasteiger partial charge is 0.394 e. The van der Waals surface area contributed by atoms with Gasteiger partial charge in [-0.1, -0.05) is 11.6 Å². The molecule has 1 saturated heterocycles. The number of nitrogens with zero attached hydrogens (tertiary/aromatic N) is 2. The first-order chi connectivity index (χ1) is 9.51. The van der Waals surface area contributed by atoms with E-state index < -0.39 is 24.0 Å². The molecule has 1 fully saturated rings. The lowest BCUT2D eigenvalue weighted by atomic mass is 10.2. The number of aliphatic hydroxyl groups is 2. The number of aliphatic hydroxyl groups excluding tert-OH is 2. The van der Waals surface area contributed by atoms with Gasteiger partial charge in [0.1, 0.15) is 17.7 Å². The van der Waals surface area contributed by atoms with E-state index in [9.17, 15) is 9.90 Å². The number of H-pyrrole nitrogens is 1. The van der Waals surface area contributed by atoms with Crippen molar-refractivity contribution in [2.24, 2.45) is 0 Å². The van der Waals surface area contributed by atoms with Gasteiger partial charge in [-0.25, -0.2) is 0 Å². The van der Waals surface area contributed by atoms with Gasteiger partial charge >= 0.3 is 0 Å². The van der Waals surface area contributed by atoms with E-state index in [0.717, 1.165) is 0 Å². The van der Waals surface area contributed by atoms with Crippen molar-refractivity contribution in [2.45, 2.75) is 24.9 Å². The van der Waals surface area contributed by atoms with Crippen LogP contribution in [-0.4, -0.2) is 43.6 Å². The lowest BCUT2D eigenvalue weighted by molar-refractivity contribution is -0.0430. The molecule has 1 aliphatic heterocycles. The fourth-order valence-corrected chi connectivity index (χ4v) is 2.67. The summed E-state index contributed by atoms with van der Waals surface area (Å²) >= 11 is 6.03. The molecule has 20 heavy (non-hydrogen) atoms. The minimum absolute atomic E-state index is 0.0317. The van der Waals surface area contributed by atoms with Gasteiger partial charge in [-0.05, 0) is 0 Å². The van der Waals surface area contributed by atoms with Crippen LogP contribution in [0.15, 0.2) is 11.0 Å². The summed E-state index contributed by atoms with van der Waals surface area (Å²) in [5.74, 6) is -0.0317. The number of nitrogens with two attached hydrogens (primary N) is 1. The van der Waals surface area contributed by atoms with Crippen molar-refractivity contribution < 1.29 is 14.9 Å². The maximum absolute atomic E-state index is 11.8. The topological polar surface area (TPSA) is 126 Å². The summed E-state index contributed by atoms with van der Waals surface area (Å²) in [6.07, 6.45) is -0.257. The first kappa shape index (κ1) is 13.4. The maximum Gasteiger partial charge on any atom is 0.263 e. The van der Waals surface area contributed by atoms with E-state index in [1.165, 1.54) is 6.20 Å². The van der Waals surface area contributed by atoms with Crippen LogP contribution in [0.4, 0.5) is 5.95 Å². The van der Waals surface area contributed by atoms with Gasteiger partial charge in [0.2, 0.25) is 5.95 Å². The third-order valence-corrected chi connectivity index (χ3v) is 3.64. The third kappa shape index (κ3) is 1.97. The zero-order valence-corrected chi connectivity index (χ0v) is 11.0. The highest BCUT2D eigenvalue weighted by atomic mass is 35.5. The standard InChI is InChI=1S/C11H13ClN4O4/c12-4-2-16(7-1-5(18)6(3-17)20-7)9-8(4)10(19)15-11(13)14-9/h2,5-7,17-18H,1,3H2,(H3,13,14,15,19)/t5-,6+,7+/m0/s1. The second kappa shape index (κ2) is 4.74. The smallest absolute Gasteiger partial charge is 0.263 e. The molecular formula is C11H13ClN4O4. The van der Waals surface area contributed by atoms with Crippen LogP contribution in [0.5, 0.6) is 0 Å². The van der Waals surface area contributed by atoms with Gasteiger partial charge < -0.3 is 25.3 Å². The Morgan fingerprint density at radius 1 is 1.65 bits per heavy atom. The Morgan fingerprint density at radius 3 is 3.05 bits per heavy atom. The van der Waals surface area contributed by atoms with Crippen LogP contribution in [0.1, 0.15) is 12.6 Å². The first-order valence-electron chi connectivity index (χ1n) is 6.01. The van der Waals surface area contributed by atoms with Crippen LogP contribution in [0.25, 0.3) is 11.0 Å². The van der Waals surface area contributed by atoms with Crippen LogP contribution in [0.3, 0.4) is 0 Å². The zero-order chi connectivity index (χ0) is 14.4. The van der Waals surface area contributed by atoms with Crippen molar-refractivity contribution in [2.75, 3.05) is 12.3 Å². The summed E-state index contributed by atoms with van der Waals surface area (Å²) in [6.45, 7) is -0.291. The summed E-state index contributed by atoms with van der Waals surface area (Å²) in [7, 11) is 0. The number of anilines is 1. The van der Waals surface area contributed by atoms with E-state index in [1.54, 1.807) is 4.57 Å². The number of hydrogen-bond donors (Lipinski definition) is 4. The second-order valence-corrected chi connectivity index (χ2v) is 5.06. The monoisotopic (exact) mass is 300 g/mol. The molecule has 0 bridgehead atoms. The van der Waals surface area contributed by atoms with Gasteiger partial charge in [0, 0.05) is 12.6 Å². The molecule has 0 aromatic carbocycles. The van der Waals surface area contributed by atoms with Gasteiger partial charge in [0.25, 0.3) is 5.56 Å². The molecule has 0 spiro atoms. The predicted octanol–water partition coefficient (Wildman–Crippen LogP) is -0.399. The second-order valence-electron chi connectivity index (χ2n) is 4.65. The Hall–Kier alpha value is -1.61. The van der Waals surface area contributed by atoms with Gasteiger partial charge in [-0.3, -0.25) is 9.78 Å². The SMILES string of the molecule is Nc1nc2c(c(Cl)cn2[C@H]2C[C@H](O)[C@@H](CO)O2)c(=O)[nH]1. The number of aromatic nitrogens is 3. The number of rotatable bonds is 2. The highest BCUT2D eigenvalue weighted by Crippen LogP contribution is 2.33. The molecule has 0 amide bonds. The number of fused-ring (bicyclic) bond motifs is 1. The van der Waals surface area contributed by atoms with Crippen LogP contribution >= 0.6 is 11.6 Å². The average Bonchev–Trinajstić information content (AvgIpc) is 2.90. The van der Waals surface area contributed by atoms with E-state index in [2.05, 4.69) is 9.97 Å². The Labute approximate surface area is 117 Å². The summed E-state index contributed by atoms with van der Waals surface area (Å²) in [6, 6.07) is 0. The van der Waals surface area contributed by atoms with E-state index in [4.69, 9.17) is 27.2 Å². The number of aromatic amines is 1. The van der Waals surface area contributed by atoms with Crippen LogP contribution in [0.2, 0.25) is 5.02 Å². The molecule has 8 nitrogen and oxygen atoms in total. The molecule has 1 aliphatic rings. The Bertz CT molecular complexity index is 712. The molecule has 3 rings (SSSR count). The van der Waals surface area contributed by atoms with Gasteiger partial charge in [0.15, 0.2) is 5.65 Å². The molecule has 5 N–H and O–H groups in total. The number of halogens is 1. The quantitative estimate of drug-likeness (QED) is 0.598. The van der Waals surface area contributed by atoms with Crippen molar-refractivity contribution in [3.05, 3.63) is 21.6 Å². The number of nitrogens with one attached hydrogen (secondary N) is 1. The molecule has 3 atom stereocenters. The van der Waals surface area contributed by atoms with Crippen molar-refractivity contribution >= 4 is 28.6 Å². The lowest BCUT2D eigenvalue weighted by Crippen LogP contribution is -2.24. The summed E-state index contributed by atoms with van der Waals surface area (Å²) in [4.78, 5) is 18.3. The molecule has 0 aliphatic carbocycles. The van der Waals surface area contributed by atoms with E-state index in [1.807, 2.05) is 0 Å². The van der Waals surface area contributed by atoms with Gasteiger partial charge in [-0.2, -0.15) is 4.98 Å². The van der Waals surface area contributed by atoms with Crippen molar-refractivity contribution in [1.29, 1.82) is 0 Å². The first-order valence-corrected chi connectivity index (χ1v) is 6.39. The van der Waals surface area contributed by atoms with Crippen molar-refractivity contribution in [3.8, 4) is 0 Å². The Balaban J connectivity index is 2.11. The van der Waals surface area contributed by atoms with Crippen molar-refractivity contribution in [1.82, 2.24) is 14.5 Å². The summed E-state index contributed by atoms with van der Waals surface area (Å²) in [5, 5.41) is 19.3. The number of nitrogen functional groups attached to an aromatic ring is 1. The Kier molecular flexibility index (Phi) is 3.17. The van der Waals surface area contributed by atoms with E-state index >= 15 is 0 Å². The van der Waals surface area contributed by atoms with Crippen molar-refractivity contribution in [3.63, 3.8) is 0 Å². The fourth-order valence-electron chi connectivity index (χ4n) is 2.40. The highest BCUT2D eigenvalue weighted by molar-refractivity contribution is 6.35. The lowest BCUT2D eigenvalue weighted by Gasteiger charge is -2.14. The summed E-state index contributed by atoms with van der Waals surface area (Å²) < 4.78 is 7.07. The molecule has 108 valence electrons. The normalized spacial score (nSPS) is 26.4. The molecule has 0 radical (unpaired) electrons. The van der Waals surface area contributed by atoms with E-state index in [-0.39, 0.29) is 35.0 Å². The third-order valence-electron chi connectivity index (χ3n) is 3.35. The average molecular weight is 301 g/mol. The number of hydrogen-bond acceptors (Lipinski definition) is 6. The Morgan fingerprint density at radius 2 is 2.40 bits per heavy atom. The zero-order valence-electron chi connectivity index (χ0n) is 10.3. The molecule has 2 aromatic heterocycles. The van der Waals surface area contributed by atoms with Gasteiger partial charge in [0.05, 0.1) is 17.7 Å². The van der Waals surface area contributed by atoms with Gasteiger partial charge in [-0.15, -0.1) is 0 Å². The maximum atomic E-state index is 11.8. The minimum Gasteiger partial charge on any atom is -0.394 e. The molecule has 2 aromatic rings. The molecule has 9 heteroatoms. The molecular weight excluding hydrogens is 288 g/mol. The van der Waals surface area contributed by atoms with E-state index in [0.29, 0.717) is 0 Å². The molecule has 0 unspecified atom stereocenters. The number of ether oxygens (including phenoxy) is 1. The fraction of sp³-hybridized carbons (Fsp3) is 0.455.